The number of nitrogen functional groups attached to an aromatic ring is 1. The molecule has 2 aromatic heterocycles. The summed E-state index contributed by atoms with van der Waals surface area (Å²) in [5.41, 5.74) is 4.39. The molecule has 100 valence electrons. The molecule has 0 aliphatic carbocycles. The van der Waals surface area contributed by atoms with Crippen molar-refractivity contribution < 1.29 is 0 Å². The summed E-state index contributed by atoms with van der Waals surface area (Å²) in [6, 6.07) is 3.75. The largest absolute Gasteiger partial charge is 0.364 e. The number of hydrogen-bond acceptors (Lipinski definition) is 7. The predicted molar refractivity (Wildman–Crippen MR) is 73.3 cm³/mol. The molecule has 0 radical (unpaired) electrons. The average Bonchev–Trinajstić information content (AvgIpc) is 2.45. The summed E-state index contributed by atoms with van der Waals surface area (Å²) < 4.78 is 0. The first-order chi connectivity index (χ1) is 9.22. The zero-order valence-corrected chi connectivity index (χ0v) is 11.0. The van der Waals surface area contributed by atoms with Gasteiger partial charge in [0.25, 0.3) is 0 Å². The molecule has 0 saturated carbocycles. The standard InChI is InChI=1S/C12H17N7/c1-8(2)10-11(15-7-16-12(10)18-13)14-6-9-4-3-5-17-19-9/h3-5,7-8H,6,13H2,1-2H3,(H2,14,15,16,18). The van der Waals surface area contributed by atoms with Crippen LogP contribution >= 0.6 is 0 Å². The quantitative estimate of drug-likeness (QED) is 0.549. The third-order valence-corrected chi connectivity index (χ3v) is 2.66. The Morgan fingerprint density at radius 3 is 2.68 bits per heavy atom. The summed E-state index contributed by atoms with van der Waals surface area (Å²) in [7, 11) is 0. The second-order valence-corrected chi connectivity index (χ2v) is 4.35. The molecular formula is C12H17N7. The van der Waals surface area contributed by atoms with E-state index in [0.29, 0.717) is 12.4 Å². The Morgan fingerprint density at radius 1 is 1.26 bits per heavy atom. The van der Waals surface area contributed by atoms with Gasteiger partial charge in [0.15, 0.2) is 0 Å². The lowest BCUT2D eigenvalue weighted by atomic mass is 10.0. The third kappa shape index (κ3) is 3.14. The van der Waals surface area contributed by atoms with Gasteiger partial charge in [-0.1, -0.05) is 13.8 Å². The van der Waals surface area contributed by atoms with Crippen LogP contribution < -0.4 is 16.6 Å². The topological polar surface area (TPSA) is 102 Å². The molecule has 7 heteroatoms. The summed E-state index contributed by atoms with van der Waals surface area (Å²) in [4.78, 5) is 8.38. The van der Waals surface area contributed by atoms with E-state index >= 15 is 0 Å². The van der Waals surface area contributed by atoms with Crippen molar-refractivity contribution in [3.05, 3.63) is 35.9 Å². The highest BCUT2D eigenvalue weighted by Crippen LogP contribution is 2.27. The third-order valence-electron chi connectivity index (χ3n) is 2.66. The first kappa shape index (κ1) is 13.2. The van der Waals surface area contributed by atoms with E-state index < -0.39 is 0 Å². The molecule has 0 atom stereocenters. The van der Waals surface area contributed by atoms with E-state index in [2.05, 4.69) is 44.8 Å². The van der Waals surface area contributed by atoms with Crippen LogP contribution in [0.2, 0.25) is 0 Å². The van der Waals surface area contributed by atoms with Gasteiger partial charge in [0.1, 0.15) is 18.0 Å². The highest BCUT2D eigenvalue weighted by Gasteiger charge is 2.14. The van der Waals surface area contributed by atoms with Gasteiger partial charge >= 0.3 is 0 Å². The van der Waals surface area contributed by atoms with E-state index in [1.54, 1.807) is 6.20 Å². The van der Waals surface area contributed by atoms with Crippen molar-refractivity contribution in [3.63, 3.8) is 0 Å². The lowest BCUT2D eigenvalue weighted by Gasteiger charge is -2.16. The van der Waals surface area contributed by atoms with E-state index in [1.807, 2.05) is 12.1 Å². The van der Waals surface area contributed by atoms with Crippen LogP contribution in [0.25, 0.3) is 0 Å². The van der Waals surface area contributed by atoms with Crippen molar-refractivity contribution in [1.82, 2.24) is 20.2 Å². The van der Waals surface area contributed by atoms with Gasteiger partial charge < -0.3 is 10.7 Å². The fourth-order valence-corrected chi connectivity index (χ4v) is 1.80. The zero-order valence-electron chi connectivity index (χ0n) is 11.0. The van der Waals surface area contributed by atoms with Crippen LogP contribution in [0, 0.1) is 0 Å². The Hall–Kier alpha value is -2.28. The van der Waals surface area contributed by atoms with Crippen LogP contribution in [-0.2, 0) is 6.54 Å². The van der Waals surface area contributed by atoms with Crippen molar-refractivity contribution in [2.24, 2.45) is 5.84 Å². The molecule has 0 aromatic carbocycles. The number of aromatic nitrogens is 4. The summed E-state index contributed by atoms with van der Waals surface area (Å²) in [5, 5.41) is 11.1. The molecule has 4 N–H and O–H groups in total. The average molecular weight is 259 g/mol. The minimum Gasteiger partial charge on any atom is -0.364 e. The Kier molecular flexibility index (Phi) is 4.19. The van der Waals surface area contributed by atoms with Gasteiger partial charge in [-0.2, -0.15) is 10.2 Å². The molecule has 0 fully saturated rings. The molecule has 19 heavy (non-hydrogen) atoms. The number of nitrogens with two attached hydrogens (primary N) is 1. The van der Waals surface area contributed by atoms with E-state index in [-0.39, 0.29) is 5.92 Å². The molecule has 2 heterocycles. The fraction of sp³-hybridized carbons (Fsp3) is 0.333. The second-order valence-electron chi connectivity index (χ2n) is 4.35. The molecule has 2 aromatic rings. The Morgan fingerprint density at radius 2 is 2.05 bits per heavy atom. The molecule has 0 unspecified atom stereocenters. The van der Waals surface area contributed by atoms with Gasteiger partial charge in [-0.3, -0.25) is 0 Å². The number of hydrazine groups is 1. The Bertz CT molecular complexity index is 527. The SMILES string of the molecule is CC(C)c1c(NN)ncnc1NCc1cccnn1. The maximum atomic E-state index is 5.47. The van der Waals surface area contributed by atoms with Crippen molar-refractivity contribution in [3.8, 4) is 0 Å². The molecule has 2 rings (SSSR count). The molecule has 0 saturated heterocycles. The monoisotopic (exact) mass is 259 g/mol. The van der Waals surface area contributed by atoms with Crippen molar-refractivity contribution in [2.45, 2.75) is 26.3 Å². The van der Waals surface area contributed by atoms with Gasteiger partial charge in [0.2, 0.25) is 0 Å². The minimum atomic E-state index is 0.247. The number of nitrogens with zero attached hydrogens (tertiary/aromatic N) is 4. The highest BCUT2D eigenvalue weighted by molar-refractivity contribution is 5.58. The van der Waals surface area contributed by atoms with E-state index in [1.165, 1.54) is 6.33 Å². The lowest BCUT2D eigenvalue weighted by Crippen LogP contribution is -2.15. The number of nitrogens with one attached hydrogen (secondary N) is 2. The molecule has 7 nitrogen and oxygen atoms in total. The number of anilines is 2. The molecule has 0 aliphatic rings. The smallest absolute Gasteiger partial charge is 0.148 e. The molecule has 0 bridgehead atoms. The van der Waals surface area contributed by atoms with Gasteiger partial charge in [-0.25, -0.2) is 15.8 Å². The van der Waals surface area contributed by atoms with Crippen LogP contribution in [0.4, 0.5) is 11.6 Å². The van der Waals surface area contributed by atoms with Crippen LogP contribution in [0.3, 0.4) is 0 Å². The second kappa shape index (κ2) is 6.05. The minimum absolute atomic E-state index is 0.247. The van der Waals surface area contributed by atoms with Gasteiger partial charge in [-0.15, -0.1) is 0 Å². The Labute approximate surface area is 111 Å². The summed E-state index contributed by atoms with van der Waals surface area (Å²) in [6.07, 6.45) is 3.12. The first-order valence-corrected chi connectivity index (χ1v) is 6.04. The zero-order chi connectivity index (χ0) is 13.7. The van der Waals surface area contributed by atoms with Crippen molar-refractivity contribution in [1.29, 1.82) is 0 Å². The fourth-order valence-electron chi connectivity index (χ4n) is 1.80. The van der Waals surface area contributed by atoms with E-state index in [9.17, 15) is 0 Å². The molecular weight excluding hydrogens is 242 g/mol. The molecule has 0 aliphatic heterocycles. The van der Waals surface area contributed by atoms with E-state index in [4.69, 9.17) is 5.84 Å². The maximum absolute atomic E-state index is 5.47. The summed E-state index contributed by atoms with van der Waals surface area (Å²) in [5.74, 6) is 7.11. The number of hydrogen-bond donors (Lipinski definition) is 3. The highest BCUT2D eigenvalue weighted by atomic mass is 15.3. The van der Waals surface area contributed by atoms with Crippen LogP contribution in [0.5, 0.6) is 0 Å². The van der Waals surface area contributed by atoms with E-state index in [0.717, 1.165) is 17.1 Å². The Balaban J connectivity index is 2.20. The maximum Gasteiger partial charge on any atom is 0.148 e. The first-order valence-electron chi connectivity index (χ1n) is 6.04. The van der Waals surface area contributed by atoms with Gasteiger partial charge in [0, 0.05) is 11.8 Å². The predicted octanol–water partition coefficient (Wildman–Crippen LogP) is 1.29. The normalized spacial score (nSPS) is 10.5. The van der Waals surface area contributed by atoms with Crippen LogP contribution in [-0.4, -0.2) is 20.2 Å². The summed E-state index contributed by atoms with van der Waals surface area (Å²) in [6.45, 7) is 4.68. The van der Waals surface area contributed by atoms with Crippen LogP contribution in [0.1, 0.15) is 31.0 Å². The molecule has 0 spiro atoms. The van der Waals surface area contributed by atoms with Crippen LogP contribution in [0.15, 0.2) is 24.7 Å². The van der Waals surface area contributed by atoms with Gasteiger partial charge in [0.05, 0.1) is 12.2 Å². The lowest BCUT2D eigenvalue weighted by molar-refractivity contribution is 0.840. The number of rotatable bonds is 5. The molecule has 0 amide bonds. The van der Waals surface area contributed by atoms with Gasteiger partial charge in [-0.05, 0) is 18.1 Å². The van der Waals surface area contributed by atoms with Crippen molar-refractivity contribution in [2.75, 3.05) is 10.7 Å². The van der Waals surface area contributed by atoms with Crippen molar-refractivity contribution >= 4 is 11.6 Å². The summed E-state index contributed by atoms with van der Waals surface area (Å²) >= 11 is 0.